The summed E-state index contributed by atoms with van der Waals surface area (Å²) in [6, 6.07) is 3.96. The Bertz CT molecular complexity index is 348. The molecule has 0 amide bonds. The highest BCUT2D eigenvalue weighted by Gasteiger charge is 2.20. The molecule has 0 aromatic carbocycles. The summed E-state index contributed by atoms with van der Waals surface area (Å²) in [5, 5.41) is 0. The number of nitrogens with two attached hydrogens (primary N) is 1. The average molecular weight is 234 g/mol. The van der Waals surface area contributed by atoms with Gasteiger partial charge in [0.2, 0.25) is 5.88 Å². The molecular weight excluding hydrogens is 212 g/mol. The highest BCUT2D eigenvalue weighted by atomic mass is 16.5. The van der Waals surface area contributed by atoms with Gasteiger partial charge in [-0.05, 0) is 37.7 Å². The molecule has 3 heteroatoms. The van der Waals surface area contributed by atoms with Crippen LogP contribution in [0.1, 0.15) is 51.1 Å². The summed E-state index contributed by atoms with van der Waals surface area (Å²) in [6.07, 6.45) is 7.05. The molecule has 0 saturated heterocycles. The molecule has 1 fully saturated rings. The third kappa shape index (κ3) is 3.43. The first-order chi connectivity index (χ1) is 8.15. The number of ether oxygens (including phenoxy) is 1. The SMILES string of the molecule is CC1CCCC(Oc2ccc([C@@H](C)N)cn2)C1. The van der Waals surface area contributed by atoms with E-state index in [0.29, 0.717) is 6.10 Å². The van der Waals surface area contributed by atoms with Crippen LogP contribution in [0.3, 0.4) is 0 Å². The second-order valence-corrected chi connectivity index (χ2v) is 5.23. The van der Waals surface area contributed by atoms with Crippen LogP contribution < -0.4 is 10.5 Å². The first kappa shape index (κ1) is 12.4. The molecule has 2 rings (SSSR count). The van der Waals surface area contributed by atoms with Crippen molar-refractivity contribution in [3.63, 3.8) is 0 Å². The third-order valence-electron chi connectivity index (χ3n) is 3.46. The van der Waals surface area contributed by atoms with Gasteiger partial charge in [0.05, 0.1) is 0 Å². The zero-order valence-corrected chi connectivity index (χ0v) is 10.7. The molecule has 3 nitrogen and oxygen atoms in total. The summed E-state index contributed by atoms with van der Waals surface area (Å²) in [4.78, 5) is 4.32. The van der Waals surface area contributed by atoms with E-state index in [0.717, 1.165) is 30.2 Å². The van der Waals surface area contributed by atoms with Gasteiger partial charge >= 0.3 is 0 Å². The predicted octanol–water partition coefficient (Wildman–Crippen LogP) is 3.06. The van der Waals surface area contributed by atoms with E-state index in [1.165, 1.54) is 12.8 Å². The summed E-state index contributed by atoms with van der Waals surface area (Å²) in [6.45, 7) is 4.25. The summed E-state index contributed by atoms with van der Waals surface area (Å²) in [7, 11) is 0. The molecule has 1 aliphatic rings. The molecule has 17 heavy (non-hydrogen) atoms. The van der Waals surface area contributed by atoms with Gasteiger partial charge in [0, 0.05) is 18.3 Å². The van der Waals surface area contributed by atoms with Crippen molar-refractivity contribution < 1.29 is 4.74 Å². The fourth-order valence-electron chi connectivity index (χ4n) is 2.39. The van der Waals surface area contributed by atoms with Crippen LogP contribution in [0.5, 0.6) is 5.88 Å². The van der Waals surface area contributed by atoms with Crippen LogP contribution >= 0.6 is 0 Å². The minimum Gasteiger partial charge on any atom is -0.474 e. The van der Waals surface area contributed by atoms with Gasteiger partial charge in [0.1, 0.15) is 6.10 Å². The maximum atomic E-state index is 5.91. The number of aromatic nitrogens is 1. The fraction of sp³-hybridized carbons (Fsp3) is 0.643. The van der Waals surface area contributed by atoms with Gasteiger partial charge < -0.3 is 10.5 Å². The lowest BCUT2D eigenvalue weighted by atomic mass is 9.89. The molecule has 1 saturated carbocycles. The topological polar surface area (TPSA) is 48.1 Å². The zero-order chi connectivity index (χ0) is 12.3. The maximum Gasteiger partial charge on any atom is 0.213 e. The number of rotatable bonds is 3. The molecule has 1 heterocycles. The lowest BCUT2D eigenvalue weighted by molar-refractivity contribution is 0.124. The molecule has 2 N–H and O–H groups in total. The first-order valence-electron chi connectivity index (χ1n) is 6.53. The third-order valence-corrected chi connectivity index (χ3v) is 3.46. The highest BCUT2D eigenvalue weighted by Crippen LogP contribution is 2.26. The molecule has 1 aromatic heterocycles. The Morgan fingerprint density at radius 2 is 2.24 bits per heavy atom. The summed E-state index contributed by atoms with van der Waals surface area (Å²) in [5.74, 6) is 1.51. The second kappa shape index (κ2) is 5.50. The van der Waals surface area contributed by atoms with Crippen LogP contribution in [-0.4, -0.2) is 11.1 Å². The summed E-state index contributed by atoms with van der Waals surface area (Å²) in [5.41, 5.74) is 6.84. The van der Waals surface area contributed by atoms with Gasteiger partial charge in [0.25, 0.3) is 0 Å². The number of pyridine rings is 1. The normalized spacial score (nSPS) is 26.5. The van der Waals surface area contributed by atoms with Crippen molar-refractivity contribution >= 4 is 0 Å². The molecule has 0 spiro atoms. The van der Waals surface area contributed by atoms with Gasteiger partial charge in [-0.2, -0.15) is 0 Å². The quantitative estimate of drug-likeness (QED) is 0.874. The van der Waals surface area contributed by atoms with Gasteiger partial charge in [-0.1, -0.05) is 19.4 Å². The van der Waals surface area contributed by atoms with E-state index in [9.17, 15) is 0 Å². The number of hydrogen-bond acceptors (Lipinski definition) is 3. The fourth-order valence-corrected chi connectivity index (χ4v) is 2.39. The molecule has 0 bridgehead atoms. The number of hydrogen-bond donors (Lipinski definition) is 1. The average Bonchev–Trinajstić information content (AvgIpc) is 2.29. The summed E-state index contributed by atoms with van der Waals surface area (Å²) < 4.78 is 5.91. The molecule has 0 radical (unpaired) electrons. The van der Waals surface area contributed by atoms with Crippen molar-refractivity contribution in [3.05, 3.63) is 23.9 Å². The van der Waals surface area contributed by atoms with Crippen molar-refractivity contribution in [2.75, 3.05) is 0 Å². The lowest BCUT2D eigenvalue weighted by Gasteiger charge is -2.26. The molecule has 1 aliphatic carbocycles. The van der Waals surface area contributed by atoms with E-state index in [-0.39, 0.29) is 6.04 Å². The maximum absolute atomic E-state index is 5.91. The van der Waals surface area contributed by atoms with Crippen LogP contribution in [0.2, 0.25) is 0 Å². The molecular formula is C14H22N2O. The Labute approximate surface area is 103 Å². The van der Waals surface area contributed by atoms with Gasteiger partial charge in [-0.3, -0.25) is 0 Å². The van der Waals surface area contributed by atoms with Crippen molar-refractivity contribution in [3.8, 4) is 5.88 Å². The van der Waals surface area contributed by atoms with Crippen molar-refractivity contribution in [1.82, 2.24) is 4.98 Å². The Kier molecular flexibility index (Phi) is 4.00. The Hall–Kier alpha value is -1.09. The van der Waals surface area contributed by atoms with E-state index in [1.54, 1.807) is 0 Å². The second-order valence-electron chi connectivity index (χ2n) is 5.23. The van der Waals surface area contributed by atoms with E-state index in [2.05, 4.69) is 11.9 Å². The largest absolute Gasteiger partial charge is 0.474 e. The Morgan fingerprint density at radius 3 is 2.82 bits per heavy atom. The van der Waals surface area contributed by atoms with E-state index in [4.69, 9.17) is 10.5 Å². The van der Waals surface area contributed by atoms with E-state index in [1.807, 2.05) is 25.3 Å². The Balaban J connectivity index is 1.94. The van der Waals surface area contributed by atoms with E-state index < -0.39 is 0 Å². The zero-order valence-electron chi connectivity index (χ0n) is 10.7. The summed E-state index contributed by atoms with van der Waals surface area (Å²) >= 11 is 0. The molecule has 94 valence electrons. The van der Waals surface area contributed by atoms with Gasteiger partial charge in [-0.15, -0.1) is 0 Å². The highest BCUT2D eigenvalue weighted by molar-refractivity contribution is 5.20. The smallest absolute Gasteiger partial charge is 0.213 e. The van der Waals surface area contributed by atoms with Crippen LogP contribution in [0.25, 0.3) is 0 Å². The monoisotopic (exact) mass is 234 g/mol. The minimum absolute atomic E-state index is 0.0336. The minimum atomic E-state index is 0.0336. The van der Waals surface area contributed by atoms with Crippen LogP contribution in [0, 0.1) is 5.92 Å². The standard InChI is InChI=1S/C14H22N2O/c1-10-4-3-5-13(8-10)17-14-7-6-12(9-16-14)11(2)15/h6-7,9-11,13H,3-5,8,15H2,1-2H3/t10?,11-,13?/m1/s1. The van der Waals surface area contributed by atoms with E-state index >= 15 is 0 Å². The van der Waals surface area contributed by atoms with Crippen molar-refractivity contribution in [1.29, 1.82) is 0 Å². The molecule has 0 aliphatic heterocycles. The molecule has 3 atom stereocenters. The van der Waals surface area contributed by atoms with Crippen LogP contribution in [0.4, 0.5) is 0 Å². The van der Waals surface area contributed by atoms with Crippen molar-refractivity contribution in [2.24, 2.45) is 11.7 Å². The predicted molar refractivity (Wildman–Crippen MR) is 68.9 cm³/mol. The van der Waals surface area contributed by atoms with Gasteiger partial charge in [0.15, 0.2) is 0 Å². The first-order valence-corrected chi connectivity index (χ1v) is 6.53. The molecule has 2 unspecified atom stereocenters. The molecule has 1 aromatic rings. The van der Waals surface area contributed by atoms with Crippen LogP contribution in [-0.2, 0) is 0 Å². The number of nitrogens with zero attached hydrogens (tertiary/aromatic N) is 1. The lowest BCUT2D eigenvalue weighted by Crippen LogP contribution is -2.24. The Morgan fingerprint density at radius 1 is 1.41 bits per heavy atom. The van der Waals surface area contributed by atoms with Crippen LogP contribution in [0.15, 0.2) is 18.3 Å². The van der Waals surface area contributed by atoms with Gasteiger partial charge in [-0.25, -0.2) is 4.98 Å². The van der Waals surface area contributed by atoms with Crippen molar-refractivity contribution in [2.45, 2.75) is 51.7 Å².